The topological polar surface area (TPSA) is 101 Å². The van der Waals surface area contributed by atoms with Crippen LogP contribution in [0.4, 0.5) is 4.39 Å². The highest BCUT2D eigenvalue weighted by molar-refractivity contribution is 7.55. The van der Waals surface area contributed by atoms with E-state index in [0.29, 0.717) is 47.8 Å². The number of fused-ring (bicyclic) bond motifs is 1. The van der Waals surface area contributed by atoms with Crippen LogP contribution in [0.5, 0.6) is 0 Å². The summed E-state index contributed by atoms with van der Waals surface area (Å²) < 4.78 is 21.2. The van der Waals surface area contributed by atoms with Crippen LogP contribution in [0.2, 0.25) is 5.02 Å². The van der Waals surface area contributed by atoms with Crippen molar-refractivity contribution in [2.45, 2.75) is 45.8 Å². The Balaban J connectivity index is 1.52. The molecule has 0 saturated carbocycles. The highest BCUT2D eigenvalue weighted by Gasteiger charge is 2.34. The van der Waals surface area contributed by atoms with Crippen molar-refractivity contribution in [3.8, 4) is 0 Å². The van der Waals surface area contributed by atoms with E-state index in [1.165, 1.54) is 17.9 Å². The molecule has 2 unspecified atom stereocenters. The van der Waals surface area contributed by atoms with Crippen LogP contribution in [-0.4, -0.2) is 51.2 Å². The second-order valence-electron chi connectivity index (χ2n) is 8.79. The summed E-state index contributed by atoms with van der Waals surface area (Å²) in [5.41, 5.74) is 1.35. The molecule has 0 spiro atoms. The molecule has 8 nitrogen and oxygen atoms in total. The van der Waals surface area contributed by atoms with E-state index in [2.05, 4.69) is 5.32 Å². The number of nitrogens with one attached hydrogen (secondary N) is 1. The zero-order valence-electron chi connectivity index (χ0n) is 20.5. The van der Waals surface area contributed by atoms with Gasteiger partial charge in [0.1, 0.15) is 18.4 Å². The van der Waals surface area contributed by atoms with Crippen LogP contribution in [0.3, 0.4) is 0 Å². The number of benzene rings is 2. The summed E-state index contributed by atoms with van der Waals surface area (Å²) in [5, 5.41) is 3.93. The smallest absolute Gasteiger partial charge is 0.243 e. The number of nitrogens with zero attached hydrogens (tertiary/aromatic N) is 2. The molecule has 1 aromatic heterocycles. The van der Waals surface area contributed by atoms with Crippen molar-refractivity contribution in [3.05, 3.63) is 64.6 Å². The SMILES string of the molecule is CCOP(O)c1ccc2c(C(C)=O)cn(CC(=O)N3CCCC3C(=O)NCc3cccc(Cl)c3F)c2c1. The molecule has 2 N–H and O–H groups in total. The largest absolute Gasteiger partial charge is 0.350 e. The van der Waals surface area contributed by atoms with Crippen molar-refractivity contribution in [1.82, 2.24) is 14.8 Å². The number of likely N-dealkylation sites (tertiary alicyclic amines) is 1. The standard InChI is InChI=1S/C26H28ClFN3O5P/c1-3-36-37(35)18-9-10-19-20(16(2)32)14-30(23(19)12-18)15-24(33)31-11-5-8-22(31)26(34)29-13-17-6-4-7-21(27)25(17)28/h4,6-7,9-10,12,14,22,35H,3,5,8,11,13,15H2,1-2H3,(H,29,34). The third-order valence-corrected chi connectivity index (χ3v) is 7.90. The third-order valence-electron chi connectivity index (χ3n) is 6.38. The van der Waals surface area contributed by atoms with Gasteiger partial charge in [-0.3, -0.25) is 14.4 Å². The number of rotatable bonds is 9. The fraction of sp³-hybridized carbons (Fsp3) is 0.346. The molecular formula is C26H28ClFN3O5P. The Labute approximate surface area is 220 Å². The molecule has 4 rings (SSSR count). The van der Waals surface area contributed by atoms with Crippen LogP contribution in [0.25, 0.3) is 10.9 Å². The summed E-state index contributed by atoms with van der Waals surface area (Å²) in [4.78, 5) is 50.3. The van der Waals surface area contributed by atoms with Crippen LogP contribution in [-0.2, 0) is 27.2 Å². The highest BCUT2D eigenvalue weighted by atomic mass is 35.5. The Kier molecular flexibility index (Phi) is 8.60. The average Bonchev–Trinajstić information content (AvgIpc) is 3.50. The Bertz CT molecular complexity index is 1350. The zero-order valence-corrected chi connectivity index (χ0v) is 22.2. The second-order valence-corrected chi connectivity index (χ2v) is 10.5. The lowest BCUT2D eigenvalue weighted by molar-refractivity contribution is -0.138. The first kappa shape index (κ1) is 27.2. The number of aromatic nitrogens is 1. The first-order valence-corrected chi connectivity index (χ1v) is 13.6. The first-order valence-electron chi connectivity index (χ1n) is 12.0. The lowest BCUT2D eigenvalue weighted by Gasteiger charge is -2.24. The number of Topliss-reactive ketones (excluding diaryl/α,β-unsaturated/α-hetero) is 1. The Morgan fingerprint density at radius 2 is 2.05 bits per heavy atom. The summed E-state index contributed by atoms with van der Waals surface area (Å²) in [6.07, 6.45) is 2.78. The average molecular weight is 548 g/mol. The molecule has 1 saturated heterocycles. The van der Waals surface area contributed by atoms with E-state index in [0.717, 1.165) is 0 Å². The maximum absolute atomic E-state index is 14.2. The number of amides is 2. The molecule has 1 fully saturated rings. The van der Waals surface area contributed by atoms with Gasteiger partial charge in [-0.2, -0.15) is 0 Å². The number of hydrogen-bond donors (Lipinski definition) is 2. The molecule has 3 aromatic rings. The Hall–Kier alpha value is -2.84. The molecule has 37 heavy (non-hydrogen) atoms. The summed E-state index contributed by atoms with van der Waals surface area (Å²) in [5.74, 6) is -1.37. The normalized spacial score (nSPS) is 16.2. The van der Waals surface area contributed by atoms with Gasteiger partial charge in [-0.1, -0.05) is 29.8 Å². The van der Waals surface area contributed by atoms with E-state index in [4.69, 9.17) is 16.1 Å². The third kappa shape index (κ3) is 5.85. The fourth-order valence-corrected chi connectivity index (χ4v) is 5.59. The molecule has 0 aliphatic carbocycles. The molecule has 11 heteroatoms. The van der Waals surface area contributed by atoms with E-state index in [1.54, 1.807) is 48.0 Å². The predicted molar refractivity (Wildman–Crippen MR) is 140 cm³/mol. The summed E-state index contributed by atoms with van der Waals surface area (Å²) in [7, 11) is -1.82. The molecule has 2 atom stereocenters. The van der Waals surface area contributed by atoms with Gasteiger partial charge in [-0.25, -0.2) is 4.39 Å². The van der Waals surface area contributed by atoms with Gasteiger partial charge >= 0.3 is 0 Å². The number of hydrogen-bond acceptors (Lipinski definition) is 5. The van der Waals surface area contributed by atoms with Gasteiger partial charge < -0.3 is 24.2 Å². The number of ketones is 1. The number of carbonyl (C=O) groups excluding carboxylic acids is 3. The van der Waals surface area contributed by atoms with Gasteiger partial charge in [0, 0.05) is 41.1 Å². The highest BCUT2D eigenvalue weighted by Crippen LogP contribution is 2.32. The van der Waals surface area contributed by atoms with Crippen LogP contribution < -0.4 is 10.6 Å². The van der Waals surface area contributed by atoms with Crippen molar-refractivity contribution in [1.29, 1.82) is 0 Å². The molecule has 2 amide bonds. The van der Waals surface area contributed by atoms with E-state index < -0.39 is 20.2 Å². The number of carbonyl (C=O) groups is 3. The fourth-order valence-electron chi connectivity index (χ4n) is 4.57. The lowest BCUT2D eigenvalue weighted by atomic mass is 10.1. The van der Waals surface area contributed by atoms with E-state index in [1.807, 2.05) is 0 Å². The minimum absolute atomic E-state index is 0.0218. The van der Waals surface area contributed by atoms with Gasteiger partial charge in [0.25, 0.3) is 0 Å². The minimum Gasteiger partial charge on any atom is -0.350 e. The summed E-state index contributed by atoms with van der Waals surface area (Å²) in [6.45, 7) is 3.88. The quantitative estimate of drug-likeness (QED) is 0.312. The van der Waals surface area contributed by atoms with Crippen molar-refractivity contribution in [2.24, 2.45) is 0 Å². The lowest BCUT2D eigenvalue weighted by Crippen LogP contribution is -2.46. The van der Waals surface area contributed by atoms with Gasteiger partial charge in [-0.15, -0.1) is 0 Å². The molecule has 196 valence electrons. The molecular weight excluding hydrogens is 520 g/mol. The van der Waals surface area contributed by atoms with Crippen molar-refractivity contribution in [2.75, 3.05) is 13.2 Å². The number of halogens is 2. The van der Waals surface area contributed by atoms with Gasteiger partial charge in [0.05, 0.1) is 17.1 Å². The molecule has 1 aliphatic heterocycles. The summed E-state index contributed by atoms with van der Waals surface area (Å²) in [6, 6.07) is 9.09. The monoisotopic (exact) mass is 547 g/mol. The minimum atomic E-state index is -1.82. The maximum atomic E-state index is 14.2. The van der Waals surface area contributed by atoms with Gasteiger partial charge in [-0.05, 0) is 44.9 Å². The molecule has 2 heterocycles. The molecule has 1 aliphatic rings. The van der Waals surface area contributed by atoms with Gasteiger partial charge in [0.2, 0.25) is 20.2 Å². The van der Waals surface area contributed by atoms with Crippen LogP contribution in [0.15, 0.2) is 42.6 Å². The van der Waals surface area contributed by atoms with Crippen LogP contribution in [0.1, 0.15) is 42.6 Å². The summed E-state index contributed by atoms with van der Waals surface area (Å²) >= 11 is 5.82. The van der Waals surface area contributed by atoms with Crippen LogP contribution in [0, 0.1) is 5.82 Å². The molecule has 0 radical (unpaired) electrons. The van der Waals surface area contributed by atoms with Crippen molar-refractivity contribution in [3.63, 3.8) is 0 Å². The van der Waals surface area contributed by atoms with E-state index in [-0.39, 0.29) is 41.3 Å². The molecule has 2 aromatic carbocycles. The van der Waals surface area contributed by atoms with Crippen molar-refractivity contribution >= 4 is 53.8 Å². The first-order chi connectivity index (χ1) is 17.7. The van der Waals surface area contributed by atoms with Gasteiger partial charge in [0.15, 0.2) is 5.78 Å². The Morgan fingerprint density at radius 1 is 1.27 bits per heavy atom. The second kappa shape index (κ2) is 11.7. The van der Waals surface area contributed by atoms with Crippen LogP contribution >= 0.6 is 20.0 Å². The van der Waals surface area contributed by atoms with Crippen molar-refractivity contribution < 1.29 is 28.2 Å². The zero-order chi connectivity index (χ0) is 26.7. The van der Waals surface area contributed by atoms with E-state index >= 15 is 0 Å². The predicted octanol–water partition coefficient (Wildman–Crippen LogP) is 3.91. The van der Waals surface area contributed by atoms with E-state index in [9.17, 15) is 23.7 Å². The molecule has 0 bridgehead atoms. The maximum Gasteiger partial charge on any atom is 0.243 e. The Morgan fingerprint density at radius 3 is 2.78 bits per heavy atom.